The average molecular weight is 340 g/mol. The van der Waals surface area contributed by atoms with Gasteiger partial charge in [0.15, 0.2) is 0 Å². The Kier molecular flexibility index (Phi) is 5.80. The summed E-state index contributed by atoms with van der Waals surface area (Å²) >= 11 is 0. The molecule has 3 rings (SSSR count). The van der Waals surface area contributed by atoms with Crippen molar-refractivity contribution in [1.29, 1.82) is 0 Å². The lowest BCUT2D eigenvalue weighted by Crippen LogP contribution is -2.10. The number of ether oxygens (including phenoxy) is 1. The van der Waals surface area contributed by atoms with Gasteiger partial charge in [-0.05, 0) is 49.2 Å². The topological polar surface area (TPSA) is 64.3 Å². The monoisotopic (exact) mass is 340 g/mol. The first-order valence-electron chi connectivity index (χ1n) is 8.33. The number of carboxylic acid groups (broad SMARTS) is 1. The molecule has 3 aromatic rings. The van der Waals surface area contributed by atoms with Crippen molar-refractivity contribution in [2.45, 2.75) is 34.2 Å². The lowest BCUT2D eigenvalue weighted by Gasteiger charge is -2.11. The predicted molar refractivity (Wildman–Crippen MR) is 99.6 cm³/mol. The van der Waals surface area contributed by atoms with E-state index in [9.17, 15) is 9.90 Å². The number of aromatic carboxylic acids is 1. The molecule has 0 unspecified atom stereocenters. The first-order valence-corrected chi connectivity index (χ1v) is 8.33. The van der Waals surface area contributed by atoms with Gasteiger partial charge in [-0.15, -0.1) is 0 Å². The van der Waals surface area contributed by atoms with Gasteiger partial charge in [-0.3, -0.25) is 4.98 Å². The van der Waals surface area contributed by atoms with Gasteiger partial charge in [0.2, 0.25) is 0 Å². The number of benzene rings is 1. The molecule has 0 aliphatic heterocycles. The SMILES string of the molecule is CC.COc1ccc(C)c2c1cc(C(=O)O)n2Cc1cc(C)ccn1. The molecule has 5 nitrogen and oxygen atoms in total. The summed E-state index contributed by atoms with van der Waals surface area (Å²) in [5.74, 6) is -0.292. The molecule has 0 amide bonds. The van der Waals surface area contributed by atoms with Crippen LogP contribution in [0.5, 0.6) is 5.75 Å². The number of nitrogens with zero attached hydrogens (tertiary/aromatic N) is 2. The normalized spacial score (nSPS) is 10.3. The van der Waals surface area contributed by atoms with E-state index in [1.807, 2.05) is 52.0 Å². The van der Waals surface area contributed by atoms with Crippen molar-refractivity contribution in [2.75, 3.05) is 7.11 Å². The van der Waals surface area contributed by atoms with Gasteiger partial charge in [-0.2, -0.15) is 0 Å². The number of aryl methyl sites for hydroxylation is 2. The molecule has 2 aromatic heterocycles. The fourth-order valence-corrected chi connectivity index (χ4v) is 2.90. The quantitative estimate of drug-likeness (QED) is 0.763. The molecule has 25 heavy (non-hydrogen) atoms. The minimum atomic E-state index is -0.963. The maximum atomic E-state index is 11.7. The van der Waals surface area contributed by atoms with E-state index >= 15 is 0 Å². The molecule has 1 aromatic carbocycles. The Morgan fingerprint density at radius 2 is 1.92 bits per heavy atom. The third-order valence-electron chi connectivity index (χ3n) is 3.95. The second kappa shape index (κ2) is 7.83. The summed E-state index contributed by atoms with van der Waals surface area (Å²) in [5.41, 5.74) is 4.02. The van der Waals surface area contributed by atoms with Crippen LogP contribution >= 0.6 is 0 Å². The molecule has 5 heteroatoms. The Labute approximate surface area is 147 Å². The van der Waals surface area contributed by atoms with Crippen molar-refractivity contribution < 1.29 is 14.6 Å². The van der Waals surface area contributed by atoms with Crippen LogP contribution < -0.4 is 4.74 Å². The summed E-state index contributed by atoms with van der Waals surface area (Å²) in [4.78, 5) is 16.0. The summed E-state index contributed by atoms with van der Waals surface area (Å²) in [6.45, 7) is 8.36. The first kappa shape index (κ1) is 18.5. The molecule has 0 atom stereocenters. The van der Waals surface area contributed by atoms with E-state index < -0.39 is 5.97 Å². The Bertz CT molecular complexity index is 897. The Hall–Kier alpha value is -2.82. The van der Waals surface area contributed by atoms with Crippen LogP contribution in [0.3, 0.4) is 0 Å². The second-order valence-electron chi connectivity index (χ2n) is 5.59. The third kappa shape index (κ3) is 3.65. The van der Waals surface area contributed by atoms with Gasteiger partial charge >= 0.3 is 5.97 Å². The molecule has 1 N–H and O–H groups in total. The standard InChI is InChI=1S/C18H18N2O3.C2H6/c1-11-6-7-19-13(8-11)10-20-15(18(21)22)9-14-16(23-3)5-4-12(2)17(14)20;1-2/h4-9H,10H2,1-3H3,(H,21,22);1-2H3. The van der Waals surface area contributed by atoms with Crippen LogP contribution in [0.25, 0.3) is 10.9 Å². The van der Waals surface area contributed by atoms with Crippen molar-refractivity contribution in [3.8, 4) is 5.75 Å². The Balaban J connectivity index is 0.00000109. The summed E-state index contributed by atoms with van der Waals surface area (Å²) in [6, 6.07) is 9.35. The maximum Gasteiger partial charge on any atom is 0.352 e. The van der Waals surface area contributed by atoms with Crippen molar-refractivity contribution in [1.82, 2.24) is 9.55 Å². The van der Waals surface area contributed by atoms with Crippen LogP contribution in [-0.2, 0) is 6.54 Å². The molecule has 0 aliphatic rings. The van der Waals surface area contributed by atoms with E-state index in [1.165, 1.54) is 0 Å². The molecule has 0 fully saturated rings. The zero-order chi connectivity index (χ0) is 18.6. The van der Waals surface area contributed by atoms with Gasteiger partial charge in [0.1, 0.15) is 11.4 Å². The lowest BCUT2D eigenvalue weighted by molar-refractivity contribution is 0.0686. The largest absolute Gasteiger partial charge is 0.496 e. The Morgan fingerprint density at radius 1 is 1.20 bits per heavy atom. The second-order valence-corrected chi connectivity index (χ2v) is 5.59. The highest BCUT2D eigenvalue weighted by Gasteiger charge is 2.19. The third-order valence-corrected chi connectivity index (χ3v) is 3.95. The van der Waals surface area contributed by atoms with Gasteiger partial charge in [0, 0.05) is 11.6 Å². The predicted octanol–water partition coefficient (Wildman–Crippen LogP) is 4.43. The molecule has 2 heterocycles. The number of pyridine rings is 1. The molecule has 0 saturated heterocycles. The molecular weight excluding hydrogens is 316 g/mol. The number of hydrogen-bond donors (Lipinski definition) is 1. The zero-order valence-corrected chi connectivity index (χ0v) is 15.3. The average Bonchev–Trinajstić information content (AvgIpc) is 2.98. The molecule has 0 saturated carbocycles. The summed E-state index contributed by atoms with van der Waals surface area (Å²) < 4.78 is 7.17. The number of hydrogen-bond acceptors (Lipinski definition) is 3. The van der Waals surface area contributed by atoms with Gasteiger partial charge in [0.25, 0.3) is 0 Å². The highest BCUT2D eigenvalue weighted by molar-refractivity contribution is 5.98. The zero-order valence-electron chi connectivity index (χ0n) is 15.3. The lowest BCUT2D eigenvalue weighted by atomic mass is 10.1. The van der Waals surface area contributed by atoms with Crippen LogP contribution in [0.4, 0.5) is 0 Å². The van der Waals surface area contributed by atoms with E-state index in [0.29, 0.717) is 12.3 Å². The highest BCUT2D eigenvalue weighted by Crippen LogP contribution is 2.32. The van der Waals surface area contributed by atoms with E-state index in [4.69, 9.17) is 4.74 Å². The van der Waals surface area contributed by atoms with Gasteiger partial charge in [-0.1, -0.05) is 19.9 Å². The number of fused-ring (bicyclic) bond motifs is 1. The van der Waals surface area contributed by atoms with E-state index in [-0.39, 0.29) is 5.69 Å². The number of aromatic nitrogens is 2. The molecule has 0 radical (unpaired) electrons. The minimum Gasteiger partial charge on any atom is -0.496 e. The fraction of sp³-hybridized carbons (Fsp3) is 0.300. The summed E-state index contributed by atoms with van der Waals surface area (Å²) in [5, 5.41) is 10.4. The van der Waals surface area contributed by atoms with Crippen molar-refractivity contribution in [3.63, 3.8) is 0 Å². The maximum absolute atomic E-state index is 11.7. The number of rotatable bonds is 4. The van der Waals surface area contributed by atoms with Gasteiger partial charge < -0.3 is 14.4 Å². The summed E-state index contributed by atoms with van der Waals surface area (Å²) in [6.07, 6.45) is 1.74. The minimum absolute atomic E-state index is 0.232. The van der Waals surface area contributed by atoms with Crippen molar-refractivity contribution in [3.05, 3.63) is 59.0 Å². The van der Waals surface area contributed by atoms with Gasteiger partial charge in [-0.25, -0.2) is 4.79 Å². The molecular formula is C20H24N2O3. The van der Waals surface area contributed by atoms with Crippen LogP contribution in [0.2, 0.25) is 0 Å². The van der Waals surface area contributed by atoms with E-state index in [2.05, 4.69) is 4.98 Å². The fourth-order valence-electron chi connectivity index (χ4n) is 2.90. The molecule has 0 bridgehead atoms. The number of carbonyl (C=O) groups is 1. The highest BCUT2D eigenvalue weighted by atomic mass is 16.5. The Morgan fingerprint density at radius 3 is 2.52 bits per heavy atom. The number of carboxylic acids is 1. The van der Waals surface area contributed by atoms with Crippen LogP contribution in [0.15, 0.2) is 36.5 Å². The first-order chi connectivity index (χ1) is 12.0. The van der Waals surface area contributed by atoms with Crippen LogP contribution in [0, 0.1) is 13.8 Å². The van der Waals surface area contributed by atoms with Gasteiger partial charge in [0.05, 0.1) is 24.9 Å². The smallest absolute Gasteiger partial charge is 0.352 e. The van der Waals surface area contributed by atoms with E-state index in [0.717, 1.165) is 27.7 Å². The van der Waals surface area contributed by atoms with Crippen molar-refractivity contribution in [2.24, 2.45) is 0 Å². The molecule has 0 spiro atoms. The molecule has 0 aliphatic carbocycles. The summed E-state index contributed by atoms with van der Waals surface area (Å²) in [7, 11) is 1.59. The van der Waals surface area contributed by atoms with Crippen LogP contribution in [-0.4, -0.2) is 27.7 Å². The van der Waals surface area contributed by atoms with Crippen LogP contribution in [0.1, 0.15) is 41.2 Å². The molecule has 132 valence electrons. The number of methoxy groups -OCH3 is 1. The van der Waals surface area contributed by atoms with Crippen molar-refractivity contribution >= 4 is 16.9 Å². The van der Waals surface area contributed by atoms with E-state index in [1.54, 1.807) is 23.9 Å².